The van der Waals surface area contributed by atoms with E-state index in [0.29, 0.717) is 11.1 Å². The molecule has 0 aliphatic heterocycles. The highest BCUT2D eigenvalue weighted by Crippen LogP contribution is 2.27. The summed E-state index contributed by atoms with van der Waals surface area (Å²) in [5.41, 5.74) is 5.96. The summed E-state index contributed by atoms with van der Waals surface area (Å²) in [6.45, 7) is 2.05. The van der Waals surface area contributed by atoms with E-state index in [1.165, 1.54) is 0 Å². The molecule has 3 aromatic carbocycles. The van der Waals surface area contributed by atoms with Gasteiger partial charge in [-0.3, -0.25) is 4.79 Å². The van der Waals surface area contributed by atoms with Gasteiger partial charge in [-0.1, -0.05) is 54.6 Å². The van der Waals surface area contributed by atoms with Crippen molar-refractivity contribution in [3.63, 3.8) is 0 Å². The molecule has 0 aliphatic carbocycles. The SMILES string of the molecule is Cc1ccccc1-c1ccccc1C(=O)Cc1ccc2[nH]c(=O)[nH]c2c1. The number of hydrogen-bond donors (Lipinski definition) is 2. The monoisotopic (exact) mass is 342 g/mol. The average Bonchev–Trinajstić information content (AvgIpc) is 3.01. The van der Waals surface area contributed by atoms with Crippen LogP contribution in [0.5, 0.6) is 0 Å². The van der Waals surface area contributed by atoms with E-state index in [9.17, 15) is 9.59 Å². The third-order valence-corrected chi connectivity index (χ3v) is 4.61. The average molecular weight is 342 g/mol. The van der Waals surface area contributed by atoms with Gasteiger partial charge in [0.15, 0.2) is 5.78 Å². The van der Waals surface area contributed by atoms with Crippen molar-refractivity contribution in [2.45, 2.75) is 13.3 Å². The summed E-state index contributed by atoms with van der Waals surface area (Å²) in [7, 11) is 0. The molecule has 0 radical (unpaired) electrons. The minimum absolute atomic E-state index is 0.0566. The van der Waals surface area contributed by atoms with Crippen LogP contribution in [0.4, 0.5) is 0 Å². The molecule has 0 fully saturated rings. The van der Waals surface area contributed by atoms with Gasteiger partial charge in [-0.15, -0.1) is 0 Å². The highest BCUT2D eigenvalue weighted by atomic mass is 16.1. The van der Waals surface area contributed by atoms with Crippen LogP contribution in [0.1, 0.15) is 21.5 Å². The lowest BCUT2D eigenvalue weighted by Gasteiger charge is -2.11. The Morgan fingerprint density at radius 1 is 0.846 bits per heavy atom. The number of aryl methyl sites for hydroxylation is 1. The molecule has 0 spiro atoms. The first kappa shape index (κ1) is 16.1. The van der Waals surface area contributed by atoms with Crippen molar-refractivity contribution in [1.29, 1.82) is 0 Å². The molecule has 26 heavy (non-hydrogen) atoms. The first-order valence-electron chi connectivity index (χ1n) is 8.51. The van der Waals surface area contributed by atoms with Gasteiger partial charge < -0.3 is 9.97 Å². The highest BCUT2D eigenvalue weighted by Gasteiger charge is 2.14. The molecule has 0 saturated heterocycles. The van der Waals surface area contributed by atoms with E-state index < -0.39 is 0 Å². The fourth-order valence-corrected chi connectivity index (χ4v) is 3.31. The molecule has 0 saturated carbocycles. The summed E-state index contributed by atoms with van der Waals surface area (Å²) in [6.07, 6.45) is 0.284. The number of benzene rings is 3. The Balaban J connectivity index is 1.70. The third-order valence-electron chi connectivity index (χ3n) is 4.61. The number of carbonyl (C=O) groups excluding carboxylic acids is 1. The predicted molar refractivity (Wildman–Crippen MR) is 104 cm³/mol. The lowest BCUT2D eigenvalue weighted by molar-refractivity contribution is 0.0993. The molecule has 4 heteroatoms. The first-order valence-corrected chi connectivity index (χ1v) is 8.51. The molecule has 4 nitrogen and oxygen atoms in total. The molecule has 4 aromatic rings. The maximum absolute atomic E-state index is 13.0. The fourth-order valence-electron chi connectivity index (χ4n) is 3.31. The molecule has 0 aliphatic rings. The second-order valence-corrected chi connectivity index (χ2v) is 6.42. The van der Waals surface area contributed by atoms with E-state index in [0.717, 1.165) is 27.8 Å². The van der Waals surface area contributed by atoms with E-state index >= 15 is 0 Å². The summed E-state index contributed by atoms with van der Waals surface area (Å²) >= 11 is 0. The highest BCUT2D eigenvalue weighted by molar-refractivity contribution is 6.03. The number of hydrogen-bond acceptors (Lipinski definition) is 2. The van der Waals surface area contributed by atoms with Crippen LogP contribution in [0.25, 0.3) is 22.2 Å². The number of fused-ring (bicyclic) bond motifs is 1. The molecule has 128 valence electrons. The Kier molecular flexibility index (Phi) is 4.01. The zero-order valence-corrected chi connectivity index (χ0v) is 14.4. The number of aromatic amines is 2. The van der Waals surface area contributed by atoms with Crippen molar-refractivity contribution in [3.8, 4) is 11.1 Å². The number of nitrogens with one attached hydrogen (secondary N) is 2. The molecular weight excluding hydrogens is 324 g/mol. The molecule has 0 atom stereocenters. The number of H-pyrrole nitrogens is 2. The number of rotatable bonds is 4. The Morgan fingerprint density at radius 2 is 1.54 bits per heavy atom. The van der Waals surface area contributed by atoms with Gasteiger partial charge in [0.1, 0.15) is 0 Å². The van der Waals surface area contributed by atoms with Gasteiger partial charge >= 0.3 is 5.69 Å². The zero-order valence-electron chi connectivity index (χ0n) is 14.4. The second-order valence-electron chi connectivity index (χ2n) is 6.42. The second kappa shape index (κ2) is 6.48. The van der Waals surface area contributed by atoms with Crippen molar-refractivity contribution in [3.05, 3.63) is 93.9 Å². The summed E-state index contributed by atoms with van der Waals surface area (Å²) in [5.74, 6) is 0.0566. The van der Waals surface area contributed by atoms with Crippen molar-refractivity contribution in [2.24, 2.45) is 0 Å². The zero-order chi connectivity index (χ0) is 18.1. The van der Waals surface area contributed by atoms with E-state index in [1.807, 2.05) is 73.7 Å². The van der Waals surface area contributed by atoms with Gasteiger partial charge in [0, 0.05) is 12.0 Å². The van der Waals surface area contributed by atoms with E-state index in [2.05, 4.69) is 9.97 Å². The van der Waals surface area contributed by atoms with Crippen LogP contribution in [-0.4, -0.2) is 15.8 Å². The molecule has 0 amide bonds. The van der Waals surface area contributed by atoms with Crippen molar-refractivity contribution >= 4 is 16.8 Å². The number of aromatic nitrogens is 2. The maximum Gasteiger partial charge on any atom is 0.323 e. The van der Waals surface area contributed by atoms with Crippen LogP contribution in [0.15, 0.2) is 71.5 Å². The fraction of sp³-hybridized carbons (Fsp3) is 0.0909. The summed E-state index contributed by atoms with van der Waals surface area (Å²) in [4.78, 5) is 29.8. The summed E-state index contributed by atoms with van der Waals surface area (Å²) in [6, 6.07) is 21.3. The Labute approximate surface area is 150 Å². The third kappa shape index (κ3) is 2.97. The quantitative estimate of drug-likeness (QED) is 0.544. The molecule has 1 aromatic heterocycles. The van der Waals surface area contributed by atoms with Crippen LogP contribution in [0.2, 0.25) is 0 Å². The molecule has 0 bridgehead atoms. The predicted octanol–water partition coefficient (Wildman–Crippen LogP) is 4.26. The minimum atomic E-state index is -0.242. The van der Waals surface area contributed by atoms with Gasteiger partial charge in [0.05, 0.1) is 11.0 Å². The normalized spacial score (nSPS) is 11.0. The van der Waals surface area contributed by atoms with Gasteiger partial charge in [0.25, 0.3) is 0 Å². The van der Waals surface area contributed by atoms with Gasteiger partial charge in [0.2, 0.25) is 0 Å². The molecule has 0 unspecified atom stereocenters. The molecule has 2 N–H and O–H groups in total. The Morgan fingerprint density at radius 3 is 2.35 bits per heavy atom. The van der Waals surface area contributed by atoms with Gasteiger partial charge in [-0.25, -0.2) is 4.79 Å². The van der Waals surface area contributed by atoms with E-state index in [-0.39, 0.29) is 17.9 Å². The summed E-state index contributed by atoms with van der Waals surface area (Å²) in [5, 5.41) is 0. The first-order chi connectivity index (χ1) is 12.6. The number of carbonyl (C=O) groups is 1. The van der Waals surface area contributed by atoms with Crippen molar-refractivity contribution in [1.82, 2.24) is 9.97 Å². The van der Waals surface area contributed by atoms with Crippen molar-refractivity contribution in [2.75, 3.05) is 0 Å². The van der Waals surface area contributed by atoms with Crippen LogP contribution >= 0.6 is 0 Å². The van der Waals surface area contributed by atoms with Crippen LogP contribution < -0.4 is 5.69 Å². The van der Waals surface area contributed by atoms with Crippen molar-refractivity contribution < 1.29 is 4.79 Å². The largest absolute Gasteiger partial charge is 0.323 e. The number of imidazole rings is 1. The molecule has 1 heterocycles. The molecule has 4 rings (SSSR count). The van der Waals surface area contributed by atoms with Gasteiger partial charge in [-0.2, -0.15) is 0 Å². The van der Waals surface area contributed by atoms with E-state index in [4.69, 9.17) is 0 Å². The van der Waals surface area contributed by atoms with Gasteiger partial charge in [-0.05, 0) is 41.3 Å². The smallest absolute Gasteiger partial charge is 0.306 e. The Hall–Kier alpha value is -3.40. The Bertz CT molecular complexity index is 1170. The maximum atomic E-state index is 13.0. The van der Waals surface area contributed by atoms with Crippen LogP contribution in [0, 0.1) is 6.92 Å². The topological polar surface area (TPSA) is 65.7 Å². The van der Waals surface area contributed by atoms with Crippen LogP contribution in [0.3, 0.4) is 0 Å². The lowest BCUT2D eigenvalue weighted by atomic mass is 9.92. The van der Waals surface area contributed by atoms with E-state index in [1.54, 1.807) is 0 Å². The summed E-state index contributed by atoms with van der Waals surface area (Å²) < 4.78 is 0. The minimum Gasteiger partial charge on any atom is -0.306 e. The van der Waals surface area contributed by atoms with Crippen LogP contribution in [-0.2, 0) is 6.42 Å². The standard InChI is InChI=1S/C22H18N2O2/c1-14-6-2-3-7-16(14)17-8-4-5-9-18(17)21(25)13-15-10-11-19-20(12-15)24-22(26)23-19/h2-12H,13H2,1H3,(H2,23,24,26). The molecular formula is C22H18N2O2. The number of Topliss-reactive ketones (excluding diaryl/α,β-unsaturated/α-hetero) is 1. The lowest BCUT2D eigenvalue weighted by Crippen LogP contribution is -2.06. The number of ketones is 1.